The van der Waals surface area contributed by atoms with Crippen LogP contribution in [0.4, 0.5) is 9.52 Å². The molecule has 1 aliphatic heterocycles. The van der Waals surface area contributed by atoms with Gasteiger partial charge in [-0.1, -0.05) is 101 Å². The second-order valence-electron chi connectivity index (χ2n) is 9.46. The number of fused-ring (bicyclic) bond motifs is 1. The zero-order valence-electron chi connectivity index (χ0n) is 21.5. The van der Waals surface area contributed by atoms with Crippen LogP contribution in [0.5, 0.6) is 0 Å². The first kappa shape index (κ1) is 27.1. The van der Waals surface area contributed by atoms with Crippen LogP contribution in [0.1, 0.15) is 28.3 Å². The Balaban J connectivity index is 1.37. The van der Waals surface area contributed by atoms with Gasteiger partial charge in [-0.2, -0.15) is 0 Å². The minimum absolute atomic E-state index is 0.0914. The average Bonchev–Trinajstić information content (AvgIpc) is 3.55. The molecule has 2 heterocycles. The van der Waals surface area contributed by atoms with Crippen LogP contribution < -0.4 is 4.90 Å². The third-order valence-electron chi connectivity index (χ3n) is 6.91. The quantitative estimate of drug-likeness (QED) is 0.0705. The van der Waals surface area contributed by atoms with E-state index in [0.29, 0.717) is 26.2 Å². The average molecular weight is 602 g/mol. The van der Waals surface area contributed by atoms with Crippen molar-refractivity contribution in [3.8, 4) is 0 Å². The number of halogens is 2. The molecule has 4 aromatic carbocycles. The number of hydrogen-bond acceptors (Lipinski definition) is 7. The van der Waals surface area contributed by atoms with Gasteiger partial charge in [0.05, 0.1) is 11.6 Å². The number of nitrogens with zero attached hydrogens (tertiary/aromatic N) is 3. The van der Waals surface area contributed by atoms with Gasteiger partial charge in [0.1, 0.15) is 11.6 Å². The van der Waals surface area contributed by atoms with Gasteiger partial charge in [-0.15, -0.1) is 10.2 Å². The lowest BCUT2D eigenvalue weighted by Crippen LogP contribution is -2.29. The largest absolute Gasteiger partial charge is 0.507 e. The topological polar surface area (TPSA) is 83.4 Å². The molecule has 1 atom stereocenters. The SMILES string of the molecule is Cc1ccc(C(O)=C2C(=O)C(=O)N(c3nnc(SCc4cccc5ccccc45)s3)C2c2ccc(Cl)cc2)cc1F. The third-order valence-corrected chi connectivity index (χ3v) is 9.27. The predicted octanol–water partition coefficient (Wildman–Crippen LogP) is 7.71. The maximum absolute atomic E-state index is 14.4. The summed E-state index contributed by atoms with van der Waals surface area (Å²) >= 11 is 8.76. The Morgan fingerprint density at radius 1 is 1.02 bits per heavy atom. The van der Waals surface area contributed by atoms with E-state index in [4.69, 9.17) is 11.6 Å². The molecule has 1 aliphatic rings. The number of thioether (sulfide) groups is 1. The second kappa shape index (κ2) is 11.1. The van der Waals surface area contributed by atoms with E-state index in [1.54, 1.807) is 31.2 Å². The number of aryl methyl sites for hydroxylation is 1. The Bertz CT molecular complexity index is 1850. The summed E-state index contributed by atoms with van der Waals surface area (Å²) in [5.74, 6) is -2.14. The molecule has 41 heavy (non-hydrogen) atoms. The summed E-state index contributed by atoms with van der Waals surface area (Å²) in [5.41, 5.74) is 1.98. The normalized spacial score (nSPS) is 16.6. The van der Waals surface area contributed by atoms with Crippen LogP contribution >= 0.6 is 34.7 Å². The summed E-state index contributed by atoms with van der Waals surface area (Å²) in [6.45, 7) is 1.59. The van der Waals surface area contributed by atoms with E-state index in [1.807, 2.05) is 18.2 Å². The molecule has 6 nitrogen and oxygen atoms in total. The van der Waals surface area contributed by atoms with Gasteiger partial charge < -0.3 is 5.11 Å². The highest BCUT2D eigenvalue weighted by atomic mass is 35.5. The summed E-state index contributed by atoms with van der Waals surface area (Å²) in [5, 5.41) is 22.7. The number of rotatable bonds is 6. The summed E-state index contributed by atoms with van der Waals surface area (Å²) in [6.07, 6.45) is 0. The summed E-state index contributed by atoms with van der Waals surface area (Å²) in [7, 11) is 0. The van der Waals surface area contributed by atoms with Crippen molar-refractivity contribution in [1.29, 1.82) is 0 Å². The van der Waals surface area contributed by atoms with E-state index in [9.17, 15) is 19.1 Å². The molecule has 0 saturated carbocycles. The fourth-order valence-electron chi connectivity index (χ4n) is 4.80. The number of aromatic nitrogens is 2. The molecule has 1 unspecified atom stereocenters. The molecule has 0 spiro atoms. The highest BCUT2D eigenvalue weighted by Crippen LogP contribution is 2.44. The van der Waals surface area contributed by atoms with Crippen molar-refractivity contribution >= 4 is 68.1 Å². The van der Waals surface area contributed by atoms with Crippen LogP contribution in [0.25, 0.3) is 16.5 Å². The highest BCUT2D eigenvalue weighted by molar-refractivity contribution is 8.00. The molecule has 10 heteroatoms. The van der Waals surface area contributed by atoms with Crippen molar-refractivity contribution in [3.63, 3.8) is 0 Å². The van der Waals surface area contributed by atoms with Crippen LogP contribution in [0.3, 0.4) is 0 Å². The fraction of sp³-hybridized carbons (Fsp3) is 0.0968. The van der Waals surface area contributed by atoms with Crippen LogP contribution in [0.15, 0.2) is 94.8 Å². The fourth-order valence-corrected chi connectivity index (χ4v) is 6.80. The Labute approximate surface area is 248 Å². The molecule has 0 radical (unpaired) electrons. The lowest BCUT2D eigenvalue weighted by Gasteiger charge is -2.22. The molecule has 0 bridgehead atoms. The van der Waals surface area contributed by atoms with E-state index in [0.717, 1.165) is 22.4 Å². The van der Waals surface area contributed by atoms with Crippen LogP contribution in [0.2, 0.25) is 5.02 Å². The Morgan fingerprint density at radius 3 is 2.56 bits per heavy atom. The standard InChI is InChI=1S/C31H21ClFN3O3S2/c1-17-9-10-20(15-24(17)33)27(37)25-26(19-11-13-22(32)14-12-19)36(29(39)28(25)38)30-34-35-31(41-30)40-16-21-7-4-6-18-5-2-3-8-23(18)21/h2-15,26,37H,16H2,1H3. The number of carbonyl (C=O) groups excluding carboxylic acids is 2. The van der Waals surface area contributed by atoms with Crippen LogP contribution in [-0.2, 0) is 15.3 Å². The van der Waals surface area contributed by atoms with Crippen LogP contribution in [-0.4, -0.2) is 27.0 Å². The first-order valence-corrected chi connectivity index (χ1v) is 14.8. The van der Waals surface area contributed by atoms with Crippen molar-refractivity contribution in [1.82, 2.24) is 10.2 Å². The number of anilines is 1. The molecule has 204 valence electrons. The monoisotopic (exact) mass is 601 g/mol. The van der Waals surface area contributed by atoms with E-state index in [1.165, 1.54) is 40.1 Å². The first-order valence-electron chi connectivity index (χ1n) is 12.6. The molecule has 1 aromatic heterocycles. The zero-order chi connectivity index (χ0) is 28.7. The molecule has 1 N–H and O–H groups in total. The summed E-state index contributed by atoms with van der Waals surface area (Å²) in [6, 6.07) is 24.0. The molecule has 6 rings (SSSR count). The number of amides is 1. The smallest absolute Gasteiger partial charge is 0.301 e. The minimum atomic E-state index is -1.01. The number of benzene rings is 4. The van der Waals surface area contributed by atoms with E-state index < -0.39 is 29.3 Å². The minimum Gasteiger partial charge on any atom is -0.507 e. The lowest BCUT2D eigenvalue weighted by atomic mass is 9.95. The molecule has 5 aromatic rings. The highest BCUT2D eigenvalue weighted by Gasteiger charge is 2.48. The van der Waals surface area contributed by atoms with Gasteiger partial charge in [-0.3, -0.25) is 14.5 Å². The number of Topliss-reactive ketones (excluding diaryl/α,β-unsaturated/α-hetero) is 1. The number of carbonyl (C=O) groups is 2. The van der Waals surface area contributed by atoms with Crippen molar-refractivity contribution < 1.29 is 19.1 Å². The molecular weight excluding hydrogens is 581 g/mol. The molecule has 1 saturated heterocycles. The van der Waals surface area contributed by atoms with Gasteiger partial charge >= 0.3 is 5.91 Å². The van der Waals surface area contributed by atoms with Crippen molar-refractivity contribution in [3.05, 3.63) is 124 Å². The molecule has 1 amide bonds. The number of aliphatic hydroxyl groups excluding tert-OH is 1. The Morgan fingerprint density at radius 2 is 1.78 bits per heavy atom. The number of ketones is 1. The van der Waals surface area contributed by atoms with E-state index >= 15 is 0 Å². The second-order valence-corrected chi connectivity index (χ2v) is 12.1. The molecular formula is C31H21ClFN3O3S2. The predicted molar refractivity (Wildman–Crippen MR) is 161 cm³/mol. The van der Waals surface area contributed by atoms with Gasteiger partial charge in [-0.25, -0.2) is 4.39 Å². The van der Waals surface area contributed by atoms with Gasteiger partial charge in [0.2, 0.25) is 5.13 Å². The van der Waals surface area contributed by atoms with Crippen molar-refractivity contribution in [2.75, 3.05) is 4.90 Å². The van der Waals surface area contributed by atoms with Crippen LogP contribution in [0, 0.1) is 12.7 Å². The summed E-state index contributed by atoms with van der Waals surface area (Å²) in [4.78, 5) is 28.0. The molecule has 1 fully saturated rings. The van der Waals surface area contributed by atoms with Gasteiger partial charge in [0, 0.05) is 16.3 Å². The maximum Gasteiger partial charge on any atom is 0.301 e. The number of hydrogen-bond donors (Lipinski definition) is 1. The lowest BCUT2D eigenvalue weighted by molar-refractivity contribution is -0.132. The van der Waals surface area contributed by atoms with E-state index in [2.05, 4.69) is 34.5 Å². The third kappa shape index (κ3) is 5.12. The maximum atomic E-state index is 14.4. The Hall–Kier alpha value is -4.05. The van der Waals surface area contributed by atoms with Gasteiger partial charge in [0.15, 0.2) is 4.34 Å². The first-order chi connectivity index (χ1) is 19.8. The van der Waals surface area contributed by atoms with Gasteiger partial charge in [-0.05, 0) is 52.6 Å². The summed E-state index contributed by atoms with van der Waals surface area (Å²) < 4.78 is 15.0. The molecule has 0 aliphatic carbocycles. The van der Waals surface area contributed by atoms with Crippen molar-refractivity contribution in [2.45, 2.75) is 23.1 Å². The Kier molecular flexibility index (Phi) is 7.33. The van der Waals surface area contributed by atoms with Gasteiger partial charge in [0.25, 0.3) is 5.78 Å². The number of aliphatic hydroxyl groups is 1. The zero-order valence-corrected chi connectivity index (χ0v) is 23.9. The van der Waals surface area contributed by atoms with E-state index in [-0.39, 0.29) is 16.3 Å². The van der Waals surface area contributed by atoms with Crippen molar-refractivity contribution in [2.24, 2.45) is 0 Å².